The summed E-state index contributed by atoms with van der Waals surface area (Å²) in [6.45, 7) is 7.02. The second-order valence-corrected chi connectivity index (χ2v) is 5.46. The van der Waals surface area contributed by atoms with E-state index in [0.29, 0.717) is 11.7 Å². The third-order valence-corrected chi connectivity index (χ3v) is 3.40. The van der Waals surface area contributed by atoms with Crippen LogP contribution < -0.4 is 0 Å². The predicted octanol–water partition coefficient (Wildman–Crippen LogP) is 2.49. The molecule has 0 bridgehead atoms. The summed E-state index contributed by atoms with van der Waals surface area (Å²) in [5, 5.41) is 0. The van der Waals surface area contributed by atoms with Crippen LogP contribution in [0.4, 0.5) is 0 Å². The largest absolute Gasteiger partial charge is 0.383 e. The van der Waals surface area contributed by atoms with Gasteiger partial charge in [-0.05, 0) is 18.8 Å². The number of hydrogen-bond acceptors (Lipinski definition) is 3. The molecule has 0 spiro atoms. The minimum absolute atomic E-state index is 0.148. The van der Waals surface area contributed by atoms with Crippen LogP contribution in [0.2, 0.25) is 0 Å². The standard InChI is InChI=1S/C14H27NO2/c1-12(2)11-15(9-10-17-3)13-7-5-4-6-8-14(13)16/h12-13H,4-11H2,1-3H3. The van der Waals surface area contributed by atoms with Crippen LogP contribution in [-0.2, 0) is 9.53 Å². The number of methoxy groups -OCH3 is 1. The number of ether oxygens (including phenoxy) is 1. The molecule has 0 saturated heterocycles. The molecule has 1 aliphatic rings. The molecule has 17 heavy (non-hydrogen) atoms. The number of hydrogen-bond donors (Lipinski definition) is 0. The Hall–Kier alpha value is -0.410. The zero-order valence-corrected chi connectivity index (χ0v) is 11.6. The molecule has 1 fully saturated rings. The number of nitrogens with zero attached hydrogens (tertiary/aromatic N) is 1. The molecule has 0 aliphatic heterocycles. The average molecular weight is 241 g/mol. The quantitative estimate of drug-likeness (QED) is 0.669. The van der Waals surface area contributed by atoms with Crippen molar-refractivity contribution in [3.8, 4) is 0 Å². The van der Waals surface area contributed by atoms with Crippen LogP contribution in [0.15, 0.2) is 0 Å². The summed E-state index contributed by atoms with van der Waals surface area (Å²) in [5.41, 5.74) is 0. The monoisotopic (exact) mass is 241 g/mol. The van der Waals surface area contributed by atoms with Crippen molar-refractivity contribution in [2.75, 3.05) is 26.8 Å². The molecule has 1 rings (SSSR count). The normalized spacial score (nSPS) is 22.2. The minimum atomic E-state index is 0.148. The van der Waals surface area contributed by atoms with Crippen LogP contribution >= 0.6 is 0 Å². The third kappa shape index (κ3) is 5.17. The van der Waals surface area contributed by atoms with Gasteiger partial charge in [-0.3, -0.25) is 9.69 Å². The lowest BCUT2D eigenvalue weighted by Crippen LogP contribution is -2.44. The molecule has 100 valence electrons. The number of carbonyl (C=O) groups excluding carboxylic acids is 1. The summed E-state index contributed by atoms with van der Waals surface area (Å²) in [4.78, 5) is 14.5. The van der Waals surface area contributed by atoms with Crippen molar-refractivity contribution in [2.45, 2.75) is 52.0 Å². The summed E-state index contributed by atoms with van der Waals surface area (Å²) in [6, 6.07) is 0.148. The van der Waals surface area contributed by atoms with E-state index in [1.807, 2.05) is 0 Å². The van der Waals surface area contributed by atoms with Gasteiger partial charge in [-0.25, -0.2) is 0 Å². The summed E-state index contributed by atoms with van der Waals surface area (Å²) >= 11 is 0. The van der Waals surface area contributed by atoms with Crippen LogP contribution in [0.25, 0.3) is 0 Å². The zero-order chi connectivity index (χ0) is 12.7. The van der Waals surface area contributed by atoms with E-state index in [9.17, 15) is 4.79 Å². The number of rotatable bonds is 6. The van der Waals surface area contributed by atoms with E-state index >= 15 is 0 Å². The summed E-state index contributed by atoms with van der Waals surface area (Å²) in [6.07, 6.45) is 5.29. The van der Waals surface area contributed by atoms with E-state index < -0.39 is 0 Å². The lowest BCUT2D eigenvalue weighted by molar-refractivity contribution is -0.124. The summed E-state index contributed by atoms with van der Waals surface area (Å²) in [7, 11) is 1.72. The molecule has 0 aromatic carbocycles. The highest BCUT2D eigenvalue weighted by atomic mass is 16.5. The number of carbonyl (C=O) groups is 1. The van der Waals surface area contributed by atoms with E-state index in [0.717, 1.165) is 39.0 Å². The van der Waals surface area contributed by atoms with Crippen LogP contribution in [0.5, 0.6) is 0 Å². The Morgan fingerprint density at radius 1 is 1.35 bits per heavy atom. The second kappa shape index (κ2) is 7.83. The van der Waals surface area contributed by atoms with Crippen molar-refractivity contribution in [1.29, 1.82) is 0 Å². The third-order valence-electron chi connectivity index (χ3n) is 3.40. The molecular weight excluding hydrogens is 214 g/mol. The fourth-order valence-corrected chi connectivity index (χ4v) is 2.58. The maximum atomic E-state index is 12.1. The van der Waals surface area contributed by atoms with Crippen molar-refractivity contribution >= 4 is 5.78 Å². The molecule has 0 aromatic rings. The smallest absolute Gasteiger partial charge is 0.149 e. The van der Waals surface area contributed by atoms with Gasteiger partial charge in [0.2, 0.25) is 0 Å². The highest BCUT2D eigenvalue weighted by Crippen LogP contribution is 2.20. The first kappa shape index (κ1) is 14.7. The highest BCUT2D eigenvalue weighted by Gasteiger charge is 2.26. The van der Waals surface area contributed by atoms with Crippen molar-refractivity contribution in [3.63, 3.8) is 0 Å². The van der Waals surface area contributed by atoms with Gasteiger partial charge in [0.05, 0.1) is 12.6 Å². The molecule has 3 nitrogen and oxygen atoms in total. The molecule has 1 atom stereocenters. The Labute approximate surface area is 106 Å². The van der Waals surface area contributed by atoms with Crippen molar-refractivity contribution in [3.05, 3.63) is 0 Å². The van der Waals surface area contributed by atoms with Gasteiger partial charge in [0.1, 0.15) is 5.78 Å². The van der Waals surface area contributed by atoms with Crippen LogP contribution in [0.3, 0.4) is 0 Å². The molecular formula is C14H27NO2. The van der Waals surface area contributed by atoms with E-state index in [-0.39, 0.29) is 6.04 Å². The molecule has 3 heteroatoms. The van der Waals surface area contributed by atoms with Crippen molar-refractivity contribution in [2.24, 2.45) is 5.92 Å². The average Bonchev–Trinajstić information content (AvgIpc) is 2.49. The molecule has 0 N–H and O–H groups in total. The maximum absolute atomic E-state index is 12.1. The lowest BCUT2D eigenvalue weighted by Gasteiger charge is -2.31. The SMILES string of the molecule is COCCN(CC(C)C)C1CCCCCC1=O. The van der Waals surface area contributed by atoms with Crippen LogP contribution in [0.1, 0.15) is 46.0 Å². The van der Waals surface area contributed by atoms with Gasteiger partial charge in [-0.15, -0.1) is 0 Å². The molecule has 0 aromatic heterocycles. The first-order chi connectivity index (χ1) is 8.15. The first-order valence-electron chi connectivity index (χ1n) is 6.91. The Kier molecular flexibility index (Phi) is 6.75. The van der Waals surface area contributed by atoms with Crippen LogP contribution in [0, 0.1) is 5.92 Å². The van der Waals surface area contributed by atoms with E-state index in [1.54, 1.807) is 7.11 Å². The molecule has 0 heterocycles. The topological polar surface area (TPSA) is 29.5 Å². The summed E-state index contributed by atoms with van der Waals surface area (Å²) in [5.74, 6) is 1.04. The van der Waals surface area contributed by atoms with Gasteiger partial charge in [0, 0.05) is 26.6 Å². The first-order valence-corrected chi connectivity index (χ1v) is 6.91. The molecule has 1 unspecified atom stereocenters. The van der Waals surface area contributed by atoms with E-state index in [2.05, 4.69) is 18.7 Å². The van der Waals surface area contributed by atoms with Crippen molar-refractivity contribution < 1.29 is 9.53 Å². The van der Waals surface area contributed by atoms with Gasteiger partial charge in [-0.2, -0.15) is 0 Å². The van der Waals surface area contributed by atoms with Gasteiger partial charge in [-0.1, -0.05) is 26.7 Å². The maximum Gasteiger partial charge on any atom is 0.149 e. The van der Waals surface area contributed by atoms with Crippen molar-refractivity contribution in [1.82, 2.24) is 4.90 Å². The molecule has 1 saturated carbocycles. The van der Waals surface area contributed by atoms with Gasteiger partial charge in [0.25, 0.3) is 0 Å². The predicted molar refractivity (Wildman–Crippen MR) is 70.2 cm³/mol. The summed E-state index contributed by atoms with van der Waals surface area (Å²) < 4.78 is 5.16. The minimum Gasteiger partial charge on any atom is -0.383 e. The van der Waals surface area contributed by atoms with Gasteiger partial charge in [0.15, 0.2) is 0 Å². The van der Waals surface area contributed by atoms with Crippen LogP contribution in [-0.4, -0.2) is 43.5 Å². The Balaban J connectivity index is 2.60. The Morgan fingerprint density at radius 3 is 2.76 bits per heavy atom. The molecule has 1 aliphatic carbocycles. The Morgan fingerprint density at radius 2 is 2.12 bits per heavy atom. The Bertz CT molecular complexity index is 228. The number of Topliss-reactive ketones (excluding diaryl/α,β-unsaturated/α-hetero) is 1. The highest BCUT2D eigenvalue weighted by molar-refractivity contribution is 5.84. The fraction of sp³-hybridized carbons (Fsp3) is 0.929. The van der Waals surface area contributed by atoms with Gasteiger partial charge >= 0.3 is 0 Å². The fourth-order valence-electron chi connectivity index (χ4n) is 2.58. The second-order valence-electron chi connectivity index (χ2n) is 5.46. The molecule has 0 radical (unpaired) electrons. The molecule has 0 amide bonds. The van der Waals surface area contributed by atoms with Gasteiger partial charge < -0.3 is 4.74 Å². The number of ketones is 1. The van der Waals surface area contributed by atoms with E-state index in [4.69, 9.17) is 4.74 Å². The van der Waals surface area contributed by atoms with E-state index in [1.165, 1.54) is 12.8 Å². The lowest BCUT2D eigenvalue weighted by atomic mass is 10.0. The zero-order valence-electron chi connectivity index (χ0n) is 11.6.